The average molecular weight is 428 g/mol. The van der Waals surface area contributed by atoms with Crippen LogP contribution in [0.4, 0.5) is 5.95 Å². The van der Waals surface area contributed by atoms with E-state index < -0.39 is 0 Å². The number of nitrogens with zero attached hydrogens (tertiary/aromatic N) is 3. The van der Waals surface area contributed by atoms with Crippen LogP contribution in [-0.2, 0) is 6.61 Å². The maximum absolute atomic E-state index is 12.8. The molecule has 0 aliphatic heterocycles. The van der Waals surface area contributed by atoms with Gasteiger partial charge >= 0.3 is 0 Å². The summed E-state index contributed by atoms with van der Waals surface area (Å²) in [5.74, 6) is 0.583. The molecule has 2 aromatic rings. The second-order valence-corrected chi connectivity index (χ2v) is 6.62. The van der Waals surface area contributed by atoms with E-state index in [2.05, 4.69) is 25.9 Å². The fourth-order valence-corrected chi connectivity index (χ4v) is 3.24. The minimum absolute atomic E-state index is 0.0934. The smallest absolute Gasteiger partial charge is 0.257 e. The number of benzene rings is 1. The lowest BCUT2D eigenvalue weighted by atomic mass is 10.1. The Morgan fingerprint density at radius 3 is 2.60 bits per heavy atom. The van der Waals surface area contributed by atoms with Crippen molar-refractivity contribution in [2.75, 3.05) is 18.8 Å². The SMILES string of the molecule is CCN(CC)C(=O)c1c(C)nc(N)nc1COc1ccc(Cl)cc1Br. The van der Waals surface area contributed by atoms with Crippen molar-refractivity contribution in [3.63, 3.8) is 0 Å². The van der Waals surface area contributed by atoms with Crippen LogP contribution in [0, 0.1) is 6.92 Å². The molecule has 0 aliphatic rings. The normalized spacial score (nSPS) is 10.6. The van der Waals surface area contributed by atoms with Crippen molar-refractivity contribution in [1.82, 2.24) is 14.9 Å². The van der Waals surface area contributed by atoms with Gasteiger partial charge in [-0.3, -0.25) is 4.79 Å². The number of halogens is 2. The summed E-state index contributed by atoms with van der Waals surface area (Å²) < 4.78 is 6.52. The van der Waals surface area contributed by atoms with Gasteiger partial charge in [-0.15, -0.1) is 0 Å². The molecule has 1 aromatic heterocycles. The van der Waals surface area contributed by atoms with Gasteiger partial charge in [-0.2, -0.15) is 0 Å². The molecule has 2 N–H and O–H groups in total. The summed E-state index contributed by atoms with van der Waals surface area (Å²) in [6.07, 6.45) is 0. The molecule has 1 amide bonds. The highest BCUT2D eigenvalue weighted by Gasteiger charge is 2.22. The Kier molecular flexibility index (Phi) is 6.61. The molecule has 0 spiro atoms. The van der Waals surface area contributed by atoms with Crippen molar-refractivity contribution in [2.45, 2.75) is 27.4 Å². The van der Waals surface area contributed by atoms with Gasteiger partial charge in [-0.05, 0) is 54.9 Å². The molecule has 0 unspecified atom stereocenters. The van der Waals surface area contributed by atoms with E-state index in [9.17, 15) is 4.79 Å². The number of aryl methyl sites for hydroxylation is 1. The molecule has 0 aliphatic carbocycles. The number of hydrogen-bond donors (Lipinski definition) is 1. The molecule has 0 atom stereocenters. The Balaban J connectivity index is 2.34. The zero-order valence-electron chi connectivity index (χ0n) is 14.3. The lowest BCUT2D eigenvalue weighted by molar-refractivity contribution is 0.0768. The van der Waals surface area contributed by atoms with E-state index in [1.807, 2.05) is 13.8 Å². The van der Waals surface area contributed by atoms with Crippen LogP contribution < -0.4 is 10.5 Å². The predicted octanol–water partition coefficient (Wildman–Crippen LogP) is 3.84. The number of carbonyl (C=O) groups is 1. The van der Waals surface area contributed by atoms with Gasteiger partial charge in [-0.25, -0.2) is 9.97 Å². The van der Waals surface area contributed by atoms with Crippen molar-refractivity contribution in [3.8, 4) is 5.75 Å². The van der Waals surface area contributed by atoms with Crippen LogP contribution in [0.2, 0.25) is 5.02 Å². The fraction of sp³-hybridized carbons (Fsp3) is 0.353. The summed E-state index contributed by atoms with van der Waals surface area (Å²) in [5.41, 5.74) is 7.19. The third-order valence-electron chi connectivity index (χ3n) is 3.70. The van der Waals surface area contributed by atoms with Gasteiger partial charge < -0.3 is 15.4 Å². The van der Waals surface area contributed by atoms with E-state index in [0.29, 0.717) is 40.8 Å². The summed E-state index contributed by atoms with van der Waals surface area (Å²) in [7, 11) is 0. The number of nitrogens with two attached hydrogens (primary N) is 1. The summed E-state index contributed by atoms with van der Waals surface area (Å²) in [4.78, 5) is 22.9. The second-order valence-electron chi connectivity index (χ2n) is 5.33. The first-order valence-electron chi connectivity index (χ1n) is 7.87. The topological polar surface area (TPSA) is 81.3 Å². The molecular formula is C17H20BrClN4O2. The van der Waals surface area contributed by atoms with Crippen molar-refractivity contribution in [1.29, 1.82) is 0 Å². The van der Waals surface area contributed by atoms with Gasteiger partial charge in [0.2, 0.25) is 5.95 Å². The number of hydrogen-bond acceptors (Lipinski definition) is 5. The number of nitrogen functional groups attached to an aromatic ring is 1. The molecule has 1 aromatic carbocycles. The Labute approximate surface area is 160 Å². The maximum atomic E-state index is 12.8. The van der Waals surface area contributed by atoms with Gasteiger partial charge in [0, 0.05) is 18.1 Å². The van der Waals surface area contributed by atoms with E-state index in [0.717, 1.165) is 4.47 Å². The Morgan fingerprint density at radius 2 is 2.00 bits per heavy atom. The molecule has 0 bridgehead atoms. The minimum atomic E-state index is -0.128. The predicted molar refractivity (Wildman–Crippen MR) is 102 cm³/mol. The third-order valence-corrected chi connectivity index (χ3v) is 4.56. The number of rotatable bonds is 6. The largest absolute Gasteiger partial charge is 0.486 e. The summed E-state index contributed by atoms with van der Waals surface area (Å²) >= 11 is 9.34. The minimum Gasteiger partial charge on any atom is -0.486 e. The quantitative estimate of drug-likeness (QED) is 0.757. The molecular weight excluding hydrogens is 408 g/mol. The van der Waals surface area contributed by atoms with Crippen LogP contribution in [0.3, 0.4) is 0 Å². The lowest BCUT2D eigenvalue weighted by Crippen LogP contribution is -2.32. The fourth-order valence-electron chi connectivity index (χ4n) is 2.45. The molecule has 1 heterocycles. The van der Waals surface area contributed by atoms with E-state index in [1.54, 1.807) is 30.0 Å². The van der Waals surface area contributed by atoms with Crippen LogP contribution in [0.25, 0.3) is 0 Å². The molecule has 0 fully saturated rings. The first-order valence-corrected chi connectivity index (χ1v) is 9.04. The highest BCUT2D eigenvalue weighted by atomic mass is 79.9. The van der Waals surface area contributed by atoms with E-state index in [-0.39, 0.29) is 18.5 Å². The maximum Gasteiger partial charge on any atom is 0.257 e. The Hall–Kier alpha value is -1.86. The highest BCUT2D eigenvalue weighted by molar-refractivity contribution is 9.10. The van der Waals surface area contributed by atoms with Crippen LogP contribution in [-0.4, -0.2) is 33.9 Å². The first kappa shape index (κ1) is 19.5. The molecule has 25 heavy (non-hydrogen) atoms. The third kappa shape index (κ3) is 4.61. The second kappa shape index (κ2) is 8.49. The van der Waals surface area contributed by atoms with Gasteiger partial charge in [-0.1, -0.05) is 11.6 Å². The number of aromatic nitrogens is 2. The monoisotopic (exact) mass is 426 g/mol. The van der Waals surface area contributed by atoms with Gasteiger partial charge in [0.1, 0.15) is 12.4 Å². The number of amides is 1. The molecule has 0 saturated heterocycles. The zero-order chi connectivity index (χ0) is 18.6. The van der Waals surface area contributed by atoms with Crippen molar-refractivity contribution >= 4 is 39.4 Å². The standard InChI is InChI=1S/C17H20BrClN4O2/c1-4-23(5-2)16(24)15-10(3)21-17(20)22-13(15)9-25-14-7-6-11(19)8-12(14)18/h6-8H,4-5,9H2,1-3H3,(H2,20,21,22). The molecule has 2 rings (SSSR count). The summed E-state index contributed by atoms with van der Waals surface area (Å²) in [6.45, 7) is 6.89. The van der Waals surface area contributed by atoms with Gasteiger partial charge in [0.25, 0.3) is 5.91 Å². The molecule has 6 nitrogen and oxygen atoms in total. The van der Waals surface area contributed by atoms with Crippen LogP contribution in [0.1, 0.15) is 35.6 Å². The van der Waals surface area contributed by atoms with Crippen molar-refractivity contribution in [3.05, 3.63) is 44.6 Å². The van der Waals surface area contributed by atoms with Crippen molar-refractivity contribution < 1.29 is 9.53 Å². The van der Waals surface area contributed by atoms with E-state index in [4.69, 9.17) is 22.1 Å². The number of ether oxygens (including phenoxy) is 1. The first-order chi connectivity index (χ1) is 11.9. The Morgan fingerprint density at radius 1 is 1.32 bits per heavy atom. The van der Waals surface area contributed by atoms with Gasteiger partial charge in [0.05, 0.1) is 21.4 Å². The number of anilines is 1. The van der Waals surface area contributed by atoms with Crippen LogP contribution in [0.15, 0.2) is 22.7 Å². The van der Waals surface area contributed by atoms with Crippen LogP contribution >= 0.6 is 27.5 Å². The molecule has 0 saturated carbocycles. The average Bonchev–Trinajstić information content (AvgIpc) is 2.54. The number of carbonyl (C=O) groups excluding carboxylic acids is 1. The summed E-state index contributed by atoms with van der Waals surface area (Å²) in [5, 5.41) is 0.596. The van der Waals surface area contributed by atoms with Gasteiger partial charge in [0.15, 0.2) is 0 Å². The van der Waals surface area contributed by atoms with Crippen LogP contribution in [0.5, 0.6) is 5.75 Å². The molecule has 0 radical (unpaired) electrons. The Bertz CT molecular complexity index is 781. The van der Waals surface area contributed by atoms with Crippen molar-refractivity contribution in [2.24, 2.45) is 0 Å². The highest BCUT2D eigenvalue weighted by Crippen LogP contribution is 2.29. The zero-order valence-corrected chi connectivity index (χ0v) is 16.7. The van der Waals surface area contributed by atoms with E-state index >= 15 is 0 Å². The molecule has 134 valence electrons. The van der Waals surface area contributed by atoms with E-state index in [1.165, 1.54) is 0 Å². The molecule has 8 heteroatoms. The summed E-state index contributed by atoms with van der Waals surface area (Å²) in [6, 6.07) is 5.21. The lowest BCUT2D eigenvalue weighted by Gasteiger charge is -2.21.